The molecule has 23 heteroatoms. The molecule has 1 nitrogen and oxygen atoms in total. The van der Waals surface area contributed by atoms with Gasteiger partial charge in [-0.05, 0) is 27.7 Å². The summed E-state index contributed by atoms with van der Waals surface area (Å²) in [6.45, 7) is 8.84. The first-order valence-electron chi connectivity index (χ1n) is 16.7. The quantitative estimate of drug-likeness (QED) is 0.0361. The lowest BCUT2D eigenvalue weighted by molar-refractivity contribution is 0.102. The van der Waals surface area contributed by atoms with Crippen LogP contribution in [0.15, 0.2) is 30.3 Å². The maximum absolute atomic E-state index is 15.4. The first kappa shape index (κ1) is 48.5. The van der Waals surface area contributed by atoms with Crippen LogP contribution in [0.5, 0.6) is 0 Å². The SMILES string of the molecule is CC(C)[S+](CC(=O)c1ccccc1)C(C)C.Fc1c(F)c(F)c([B-](c2c(F)c(F)c(F)c(F)c2F)(c2c(F)c(F)c(F)c(F)c2F)c2c(F)c(F)c(F)c(F)c2F)c(F)c1F. The fraction of sp³-hybridized carbons (Fsp3) is 0.184. The number of carbonyl (C=O) groups excluding carboxylic acids is 1. The number of rotatable bonds is 9. The molecule has 0 unspecified atom stereocenters. The van der Waals surface area contributed by atoms with Crippen LogP contribution in [0, 0.1) is 116 Å². The average Bonchev–Trinajstić information content (AvgIpc) is 3.22. The van der Waals surface area contributed by atoms with E-state index in [1.165, 1.54) is 0 Å². The van der Waals surface area contributed by atoms with Crippen molar-refractivity contribution < 1.29 is 92.6 Å². The number of carbonyl (C=O) groups is 1. The number of halogens is 20. The summed E-state index contributed by atoms with van der Waals surface area (Å²) < 4.78 is 294. The highest BCUT2D eigenvalue weighted by Gasteiger charge is 2.52. The van der Waals surface area contributed by atoms with Gasteiger partial charge < -0.3 is 0 Å². The van der Waals surface area contributed by atoms with Crippen molar-refractivity contribution in [2.75, 3.05) is 5.75 Å². The molecule has 0 aliphatic heterocycles. The molecule has 0 radical (unpaired) electrons. The van der Waals surface area contributed by atoms with Gasteiger partial charge in [-0.1, -0.05) is 30.3 Å². The standard InChI is InChI=1S/C24BF20.C14H21OS/c26-5-1(6(27)14(35)21(42)13(5)34)25(2-7(28)15(36)22(43)16(37)8(2)29,3-9(30)17(38)23(44)18(39)10(3)31)4-11(32)19(40)24(45)20(41)12(4)33;1-11(2)16(12(3)4)10-14(15)13-8-6-5-7-9-13/h;5-9,11-12H,10H2,1-4H3/q-1;+1. The predicted octanol–water partition coefficient (Wildman–Crippen LogP) is 9.15. The number of ketones is 1. The van der Waals surface area contributed by atoms with Crippen molar-refractivity contribution >= 4 is 44.7 Å². The van der Waals surface area contributed by atoms with Crippen LogP contribution in [-0.4, -0.2) is 28.2 Å². The Morgan fingerprint density at radius 3 is 0.770 bits per heavy atom. The third kappa shape index (κ3) is 7.92. The highest BCUT2D eigenvalue weighted by Crippen LogP contribution is 2.31. The molecular formula is C38H21BF20OS. The van der Waals surface area contributed by atoms with Crippen molar-refractivity contribution in [3.63, 3.8) is 0 Å². The lowest BCUT2D eigenvalue weighted by Gasteiger charge is -2.44. The summed E-state index contributed by atoms with van der Waals surface area (Å²) in [7, 11) is 0.192. The molecule has 0 heterocycles. The summed E-state index contributed by atoms with van der Waals surface area (Å²) in [4.78, 5) is 12.1. The first-order valence-corrected chi connectivity index (χ1v) is 18.2. The first-order chi connectivity index (χ1) is 28.2. The second-order valence-electron chi connectivity index (χ2n) is 13.3. The molecule has 0 saturated heterocycles. The van der Waals surface area contributed by atoms with Crippen LogP contribution in [0.1, 0.15) is 38.1 Å². The summed E-state index contributed by atoms with van der Waals surface area (Å²) >= 11 is 0. The molecule has 0 spiro atoms. The van der Waals surface area contributed by atoms with Gasteiger partial charge in [0, 0.05) is 16.5 Å². The molecule has 0 aromatic heterocycles. The number of Topliss-reactive ketones (excluding diaryl/α,β-unsaturated/α-hetero) is 1. The Morgan fingerprint density at radius 2 is 0.574 bits per heavy atom. The molecule has 328 valence electrons. The average molecular weight is 916 g/mol. The molecule has 5 rings (SSSR count). The van der Waals surface area contributed by atoms with E-state index >= 15 is 35.1 Å². The number of benzene rings is 5. The van der Waals surface area contributed by atoms with E-state index in [0.717, 1.165) is 5.56 Å². The monoisotopic (exact) mass is 916 g/mol. The number of hydrogen-bond acceptors (Lipinski definition) is 1. The van der Waals surface area contributed by atoms with Crippen LogP contribution in [0.4, 0.5) is 87.8 Å². The van der Waals surface area contributed by atoms with Crippen LogP contribution in [0.2, 0.25) is 0 Å². The highest BCUT2D eigenvalue weighted by atomic mass is 32.2. The van der Waals surface area contributed by atoms with E-state index in [2.05, 4.69) is 27.7 Å². The maximum atomic E-state index is 15.4. The minimum absolute atomic E-state index is 0.192. The lowest BCUT2D eigenvalue weighted by atomic mass is 9.12. The van der Waals surface area contributed by atoms with Gasteiger partial charge in [0.05, 0.1) is 0 Å². The van der Waals surface area contributed by atoms with Gasteiger partial charge in [0.15, 0.2) is 75.6 Å². The van der Waals surface area contributed by atoms with Gasteiger partial charge in [-0.2, -0.15) is 0 Å². The zero-order valence-electron chi connectivity index (χ0n) is 30.7. The van der Waals surface area contributed by atoms with Crippen LogP contribution >= 0.6 is 0 Å². The molecule has 0 aliphatic carbocycles. The maximum Gasteiger partial charge on any atom is 0.211 e. The third-order valence-corrected chi connectivity index (χ3v) is 12.3. The summed E-state index contributed by atoms with van der Waals surface area (Å²) in [5.74, 6) is -70.4. The van der Waals surface area contributed by atoms with E-state index < -0.39 is 144 Å². The van der Waals surface area contributed by atoms with E-state index in [9.17, 15) is 57.5 Å². The predicted molar refractivity (Wildman–Crippen MR) is 182 cm³/mol. The molecule has 61 heavy (non-hydrogen) atoms. The van der Waals surface area contributed by atoms with E-state index in [-0.39, 0.29) is 16.7 Å². The Hall–Kier alpha value is -5.22. The Labute approximate surface area is 333 Å². The molecule has 5 aromatic rings. The van der Waals surface area contributed by atoms with Gasteiger partial charge in [0.2, 0.25) is 5.78 Å². The minimum Gasteiger partial charge on any atom is -0.289 e. The summed E-state index contributed by atoms with van der Waals surface area (Å²) in [6.07, 6.45) is -7.22. The Balaban J connectivity index is 0.000000430. The van der Waals surface area contributed by atoms with Crippen molar-refractivity contribution in [2.24, 2.45) is 0 Å². The van der Waals surface area contributed by atoms with E-state index in [1.807, 2.05) is 30.3 Å². The number of hydrogen-bond donors (Lipinski definition) is 0. The third-order valence-electron chi connectivity index (χ3n) is 9.31. The molecule has 5 aromatic carbocycles. The highest BCUT2D eigenvalue weighted by molar-refractivity contribution is 7.98. The Morgan fingerprint density at radius 1 is 0.377 bits per heavy atom. The van der Waals surface area contributed by atoms with Gasteiger partial charge in [-0.15, -0.1) is 21.9 Å². The van der Waals surface area contributed by atoms with Crippen LogP contribution in [-0.2, 0) is 10.9 Å². The van der Waals surface area contributed by atoms with E-state index in [1.54, 1.807) is 0 Å². The van der Waals surface area contributed by atoms with Crippen LogP contribution < -0.4 is 21.9 Å². The molecule has 0 atom stereocenters. The molecule has 0 amide bonds. The summed E-state index contributed by atoms with van der Waals surface area (Å²) in [5.41, 5.74) is -13.5. The normalized spacial score (nSPS) is 11.9. The fourth-order valence-electron chi connectivity index (χ4n) is 6.61. The zero-order chi connectivity index (χ0) is 46.5. The molecule has 0 saturated carbocycles. The van der Waals surface area contributed by atoms with Gasteiger partial charge >= 0.3 is 0 Å². The lowest BCUT2D eigenvalue weighted by Crippen LogP contribution is -2.81. The zero-order valence-corrected chi connectivity index (χ0v) is 31.5. The van der Waals surface area contributed by atoms with Crippen molar-refractivity contribution in [2.45, 2.75) is 38.2 Å². The molecule has 0 fully saturated rings. The second-order valence-corrected chi connectivity index (χ2v) is 16.4. The smallest absolute Gasteiger partial charge is 0.211 e. The Kier molecular flexibility index (Phi) is 14.3. The van der Waals surface area contributed by atoms with Crippen LogP contribution in [0.3, 0.4) is 0 Å². The van der Waals surface area contributed by atoms with Crippen LogP contribution in [0.25, 0.3) is 0 Å². The summed E-state index contributed by atoms with van der Waals surface area (Å²) in [5, 5.41) is 1.18. The van der Waals surface area contributed by atoms with Crippen molar-refractivity contribution in [1.29, 1.82) is 0 Å². The van der Waals surface area contributed by atoms with Gasteiger partial charge in [-0.25, -0.2) is 87.8 Å². The second kappa shape index (κ2) is 18.0. The molecule has 0 aliphatic rings. The van der Waals surface area contributed by atoms with E-state index in [0.29, 0.717) is 16.3 Å². The largest absolute Gasteiger partial charge is 0.289 e. The van der Waals surface area contributed by atoms with Gasteiger partial charge in [0.1, 0.15) is 63.2 Å². The Bertz CT molecular complexity index is 2160. The van der Waals surface area contributed by atoms with E-state index in [4.69, 9.17) is 0 Å². The van der Waals surface area contributed by atoms with Crippen molar-refractivity contribution in [3.05, 3.63) is 152 Å². The van der Waals surface area contributed by atoms with Gasteiger partial charge in [0.25, 0.3) is 0 Å². The van der Waals surface area contributed by atoms with Crippen molar-refractivity contribution in [1.82, 2.24) is 0 Å². The topological polar surface area (TPSA) is 17.1 Å². The van der Waals surface area contributed by atoms with Gasteiger partial charge in [-0.3, -0.25) is 4.79 Å². The van der Waals surface area contributed by atoms with Crippen molar-refractivity contribution in [3.8, 4) is 0 Å². The summed E-state index contributed by atoms with van der Waals surface area (Å²) in [6, 6.07) is 9.61. The molecular weight excluding hydrogens is 895 g/mol. The molecule has 0 bridgehead atoms. The minimum atomic E-state index is -7.22. The molecule has 0 N–H and O–H groups in total. The fourth-order valence-corrected chi connectivity index (χ4v) is 8.84.